The number of nitrogens with one attached hydrogen (secondary N) is 1. The molecule has 2 N–H and O–H groups in total. The normalized spacial score (nSPS) is 22.5. The number of carbonyl (C=O) groups is 1. The molecule has 0 aliphatic heterocycles. The van der Waals surface area contributed by atoms with Crippen LogP contribution in [0.1, 0.15) is 49.0 Å². The molecule has 0 atom stereocenters. The van der Waals surface area contributed by atoms with Crippen molar-refractivity contribution < 1.29 is 14.6 Å². The Morgan fingerprint density at radius 3 is 2.62 bits per heavy atom. The van der Waals surface area contributed by atoms with Gasteiger partial charge >= 0.3 is 5.97 Å². The molecular weight excluding hydrogens is 306 g/mol. The molecule has 0 aromatic carbocycles. The highest BCUT2D eigenvalue weighted by molar-refractivity contribution is 5.87. The summed E-state index contributed by atoms with van der Waals surface area (Å²) >= 11 is 0. The smallest absolute Gasteiger partial charge is 0.359 e. The predicted octanol–water partition coefficient (Wildman–Crippen LogP) is 3.79. The van der Waals surface area contributed by atoms with Gasteiger partial charge in [-0.2, -0.15) is 0 Å². The van der Waals surface area contributed by atoms with Gasteiger partial charge in [0.05, 0.1) is 0 Å². The highest BCUT2D eigenvalue weighted by atomic mass is 16.5. The van der Waals surface area contributed by atoms with E-state index in [1.165, 1.54) is 44.1 Å². The van der Waals surface area contributed by atoms with Gasteiger partial charge in [0.25, 0.3) is 5.88 Å². The van der Waals surface area contributed by atoms with Gasteiger partial charge in [0.2, 0.25) is 5.69 Å². The molecule has 0 saturated heterocycles. The lowest BCUT2D eigenvalue weighted by atomic mass is 9.90. The largest absolute Gasteiger partial charge is 0.476 e. The number of ether oxygens (including phenoxy) is 1. The van der Waals surface area contributed by atoms with E-state index in [2.05, 4.69) is 27.6 Å². The number of H-pyrrole nitrogens is 1. The van der Waals surface area contributed by atoms with Crippen LogP contribution in [-0.4, -0.2) is 26.5 Å². The van der Waals surface area contributed by atoms with Crippen LogP contribution >= 0.6 is 0 Å². The second-order valence-corrected chi connectivity index (χ2v) is 6.04. The Morgan fingerprint density at radius 1 is 1.12 bits per heavy atom. The molecule has 1 aromatic rings. The highest BCUT2D eigenvalue weighted by Gasteiger charge is 2.17. The van der Waals surface area contributed by atoms with E-state index in [1.807, 2.05) is 12.2 Å². The summed E-state index contributed by atoms with van der Waals surface area (Å²) in [6.07, 6.45) is 19.5. The van der Waals surface area contributed by atoms with E-state index in [1.54, 1.807) is 12.2 Å². The number of aromatic nitrogens is 3. The zero-order valence-electron chi connectivity index (χ0n) is 13.4. The second-order valence-electron chi connectivity index (χ2n) is 6.04. The van der Waals surface area contributed by atoms with E-state index in [9.17, 15) is 4.79 Å². The molecule has 6 nitrogen and oxygen atoms in total. The molecule has 1 heterocycles. The summed E-state index contributed by atoms with van der Waals surface area (Å²) < 4.78 is 5.53. The minimum atomic E-state index is -1.16. The number of aromatic amines is 1. The maximum Gasteiger partial charge on any atom is 0.359 e. The van der Waals surface area contributed by atoms with Crippen molar-refractivity contribution >= 4 is 5.97 Å². The number of hydrogen-bond acceptors (Lipinski definition) is 4. The lowest BCUT2D eigenvalue weighted by Crippen LogP contribution is -2.03. The third-order valence-electron chi connectivity index (χ3n) is 4.37. The van der Waals surface area contributed by atoms with E-state index in [0.29, 0.717) is 11.7 Å². The maximum atomic E-state index is 11.0. The summed E-state index contributed by atoms with van der Waals surface area (Å²) in [7, 11) is 0. The monoisotopic (exact) mass is 327 g/mol. The summed E-state index contributed by atoms with van der Waals surface area (Å²) in [6, 6.07) is 0. The third kappa shape index (κ3) is 4.01. The zero-order valence-corrected chi connectivity index (χ0v) is 13.4. The van der Waals surface area contributed by atoms with E-state index >= 15 is 0 Å². The second kappa shape index (κ2) is 7.77. The van der Waals surface area contributed by atoms with Gasteiger partial charge < -0.3 is 9.84 Å². The molecule has 1 aromatic heterocycles. The fourth-order valence-electron chi connectivity index (χ4n) is 3.11. The molecule has 6 heteroatoms. The maximum absolute atomic E-state index is 11.0. The summed E-state index contributed by atoms with van der Waals surface area (Å²) in [5.41, 5.74) is 1.18. The fourth-order valence-corrected chi connectivity index (χ4v) is 3.11. The standard InChI is InChI=1S/C18H21N3O3/c22-18(23)16-17(20-21-19-16)24-15-11-5-9-14(10-6-12-15)13-7-3-1-2-4-8-13/h5-6,9-13H,1-4,7-8H2,(H,22,23)(H,19,20,21)/b9-5-,10-6?,11-5?,12-6?,14-9?,14-10+,15-11?,15-12?. The van der Waals surface area contributed by atoms with Crippen molar-refractivity contribution in [3.63, 3.8) is 0 Å². The van der Waals surface area contributed by atoms with Crippen molar-refractivity contribution in [3.8, 4) is 5.88 Å². The zero-order chi connectivity index (χ0) is 16.8. The number of rotatable bonds is 4. The first-order chi connectivity index (χ1) is 11.7. The van der Waals surface area contributed by atoms with Crippen molar-refractivity contribution in [2.45, 2.75) is 38.5 Å². The van der Waals surface area contributed by atoms with Crippen LogP contribution < -0.4 is 4.74 Å². The van der Waals surface area contributed by atoms with Crippen LogP contribution in [0, 0.1) is 5.92 Å². The van der Waals surface area contributed by atoms with E-state index in [4.69, 9.17) is 9.84 Å². The summed E-state index contributed by atoms with van der Waals surface area (Å²) in [5, 5.41) is 18.5. The first-order valence-electron chi connectivity index (χ1n) is 8.33. The van der Waals surface area contributed by atoms with Gasteiger partial charge in [-0.3, -0.25) is 0 Å². The molecule has 1 saturated carbocycles. The number of carboxylic acid groups (broad SMARTS) is 1. The van der Waals surface area contributed by atoms with Crippen molar-refractivity contribution in [1.29, 1.82) is 0 Å². The van der Waals surface area contributed by atoms with Crippen LogP contribution in [0.4, 0.5) is 0 Å². The molecule has 0 radical (unpaired) electrons. The minimum Gasteiger partial charge on any atom is -0.476 e. The van der Waals surface area contributed by atoms with Crippen LogP contribution in [0.3, 0.4) is 0 Å². The third-order valence-corrected chi connectivity index (χ3v) is 4.37. The van der Waals surface area contributed by atoms with Crippen LogP contribution in [0.5, 0.6) is 5.88 Å². The summed E-state index contributed by atoms with van der Waals surface area (Å²) in [6.45, 7) is 0. The number of carboxylic acids is 1. The summed E-state index contributed by atoms with van der Waals surface area (Å²) in [5.74, 6) is -0.0610. The van der Waals surface area contributed by atoms with Crippen molar-refractivity contribution in [1.82, 2.24) is 15.4 Å². The average Bonchev–Trinajstić information content (AvgIpc) is 2.83. The van der Waals surface area contributed by atoms with Gasteiger partial charge in [-0.1, -0.05) is 60.3 Å². The van der Waals surface area contributed by atoms with Crippen molar-refractivity contribution in [2.24, 2.45) is 5.92 Å². The van der Waals surface area contributed by atoms with Gasteiger partial charge in [-0.05, 0) is 36.5 Å². The molecule has 0 amide bonds. The van der Waals surface area contributed by atoms with Gasteiger partial charge in [0.15, 0.2) is 0 Å². The Morgan fingerprint density at radius 2 is 1.88 bits per heavy atom. The van der Waals surface area contributed by atoms with Crippen LogP contribution in [0.15, 0.2) is 47.8 Å². The van der Waals surface area contributed by atoms with E-state index in [0.717, 1.165) is 0 Å². The predicted molar refractivity (Wildman–Crippen MR) is 89.6 cm³/mol. The van der Waals surface area contributed by atoms with Gasteiger partial charge in [-0.15, -0.1) is 0 Å². The SMILES string of the molecule is O=C(O)c1[nH]nnc1OC1=C/C=C\C(C2CCCCCC2)=C/C=C1. The quantitative estimate of drug-likeness (QED) is 0.821. The van der Waals surface area contributed by atoms with Crippen LogP contribution in [0.25, 0.3) is 0 Å². The Hall–Kier alpha value is -2.63. The number of aromatic carboxylic acids is 1. The molecule has 126 valence electrons. The van der Waals surface area contributed by atoms with Crippen molar-refractivity contribution in [3.05, 3.63) is 53.5 Å². The van der Waals surface area contributed by atoms with E-state index in [-0.39, 0.29) is 11.6 Å². The van der Waals surface area contributed by atoms with Gasteiger partial charge in [0, 0.05) is 0 Å². The Bertz CT molecular complexity index is 705. The number of allylic oxidation sites excluding steroid dienone is 7. The number of hydrogen-bond donors (Lipinski definition) is 2. The highest BCUT2D eigenvalue weighted by Crippen LogP contribution is 2.30. The molecule has 0 unspecified atom stereocenters. The minimum absolute atomic E-state index is 0.0413. The molecule has 0 bridgehead atoms. The first kappa shape index (κ1) is 16.2. The first-order valence-corrected chi connectivity index (χ1v) is 8.33. The topological polar surface area (TPSA) is 88.1 Å². The van der Waals surface area contributed by atoms with Gasteiger partial charge in [0.1, 0.15) is 5.76 Å². The van der Waals surface area contributed by atoms with Crippen molar-refractivity contribution in [2.75, 3.05) is 0 Å². The lowest BCUT2D eigenvalue weighted by molar-refractivity contribution is 0.0687. The lowest BCUT2D eigenvalue weighted by Gasteiger charge is -2.15. The fraction of sp³-hybridized carbons (Fsp3) is 0.389. The molecule has 24 heavy (non-hydrogen) atoms. The Balaban J connectivity index is 1.69. The van der Waals surface area contributed by atoms with E-state index < -0.39 is 5.97 Å². The molecule has 2 aliphatic carbocycles. The Kier molecular flexibility index (Phi) is 5.25. The number of nitrogens with zero attached hydrogens (tertiary/aromatic N) is 2. The molecule has 0 spiro atoms. The molecule has 3 rings (SSSR count). The molecular formula is C18H21N3O3. The Labute approximate surface area is 140 Å². The summed E-state index contributed by atoms with van der Waals surface area (Å²) in [4.78, 5) is 11.0. The molecule has 2 aliphatic rings. The van der Waals surface area contributed by atoms with Gasteiger partial charge in [-0.25, -0.2) is 9.89 Å². The molecule has 1 fully saturated rings. The van der Waals surface area contributed by atoms with Crippen LogP contribution in [0.2, 0.25) is 0 Å². The van der Waals surface area contributed by atoms with Crippen LogP contribution in [-0.2, 0) is 0 Å². The average molecular weight is 327 g/mol.